The van der Waals surface area contributed by atoms with Crippen LogP contribution in [0.15, 0.2) is 72.1 Å². The number of rotatable bonds is 3. The Bertz CT molecular complexity index is 1430. The number of nitrogens with zero attached hydrogens (tertiary/aromatic N) is 1. The van der Waals surface area contributed by atoms with Crippen LogP contribution < -0.4 is 10.2 Å². The fourth-order valence-corrected chi connectivity index (χ4v) is 5.38. The molecule has 170 valence electrons. The first-order chi connectivity index (χ1) is 16.4. The van der Waals surface area contributed by atoms with E-state index in [2.05, 4.69) is 17.4 Å². The summed E-state index contributed by atoms with van der Waals surface area (Å²) >= 11 is 1.64. The molecule has 1 N–H and O–H groups in total. The van der Waals surface area contributed by atoms with Crippen LogP contribution in [0.25, 0.3) is 10.4 Å². The lowest BCUT2D eigenvalue weighted by atomic mass is 10.0. The number of carbonyl (C=O) groups is 2. The van der Waals surface area contributed by atoms with E-state index in [-0.39, 0.29) is 17.4 Å². The Kier molecular flexibility index (Phi) is 5.75. The molecule has 0 spiro atoms. The molecule has 0 saturated carbocycles. The molecule has 0 saturated heterocycles. The molecule has 0 radical (unpaired) electrons. The van der Waals surface area contributed by atoms with Gasteiger partial charge >= 0.3 is 0 Å². The molecule has 2 amide bonds. The quantitative estimate of drug-likeness (QED) is 0.366. The smallest absolute Gasteiger partial charge is 0.258 e. The molecule has 0 bridgehead atoms. The SMILES string of the molecule is Cc1cc(NC(=O)c2cccc(F)c2C)ccc1C(=O)N1CCc2ccccc2-c2sccc21. The van der Waals surface area contributed by atoms with Gasteiger partial charge in [0.05, 0.1) is 10.6 Å². The largest absolute Gasteiger partial charge is 0.322 e. The molecule has 4 aromatic rings. The van der Waals surface area contributed by atoms with Gasteiger partial charge in [-0.05, 0) is 84.3 Å². The Morgan fingerprint density at radius 1 is 0.971 bits per heavy atom. The maximum absolute atomic E-state index is 13.8. The summed E-state index contributed by atoms with van der Waals surface area (Å²) in [4.78, 5) is 29.2. The van der Waals surface area contributed by atoms with E-state index in [1.165, 1.54) is 23.3 Å². The summed E-state index contributed by atoms with van der Waals surface area (Å²) in [6.07, 6.45) is 0.781. The molecular weight excluding hydrogens is 447 g/mol. The third-order valence-electron chi connectivity index (χ3n) is 6.27. The van der Waals surface area contributed by atoms with E-state index in [9.17, 15) is 14.0 Å². The van der Waals surface area contributed by atoms with Crippen LogP contribution in [0.2, 0.25) is 0 Å². The Morgan fingerprint density at radius 2 is 1.79 bits per heavy atom. The number of anilines is 2. The molecule has 1 aliphatic rings. The highest BCUT2D eigenvalue weighted by atomic mass is 32.1. The lowest BCUT2D eigenvalue weighted by Crippen LogP contribution is -2.32. The van der Waals surface area contributed by atoms with Gasteiger partial charge in [-0.3, -0.25) is 9.59 Å². The lowest BCUT2D eigenvalue weighted by Gasteiger charge is -2.22. The highest BCUT2D eigenvalue weighted by molar-refractivity contribution is 7.14. The van der Waals surface area contributed by atoms with Crippen molar-refractivity contribution in [3.63, 3.8) is 0 Å². The molecule has 1 aromatic heterocycles. The summed E-state index contributed by atoms with van der Waals surface area (Å²) in [5.41, 5.74) is 5.85. The molecule has 2 heterocycles. The molecule has 0 unspecified atom stereocenters. The van der Waals surface area contributed by atoms with Crippen LogP contribution in [0.4, 0.5) is 15.8 Å². The van der Waals surface area contributed by atoms with Gasteiger partial charge in [0.15, 0.2) is 0 Å². The van der Waals surface area contributed by atoms with Crippen LogP contribution in [0.5, 0.6) is 0 Å². The Balaban J connectivity index is 1.41. The topological polar surface area (TPSA) is 49.4 Å². The third kappa shape index (κ3) is 3.90. The minimum absolute atomic E-state index is 0.0659. The van der Waals surface area contributed by atoms with E-state index < -0.39 is 5.82 Å². The second-order valence-electron chi connectivity index (χ2n) is 8.40. The predicted molar refractivity (Wildman–Crippen MR) is 135 cm³/mol. The van der Waals surface area contributed by atoms with Gasteiger partial charge in [0.2, 0.25) is 0 Å². The standard InChI is InChI=1S/C28H23FN2O2S/c1-17-16-20(30-27(32)22-8-5-9-24(29)18(22)2)10-11-21(17)28(33)31-14-12-19-6-3-4-7-23(19)26-25(31)13-15-34-26/h3-11,13,15-16H,12,14H2,1-2H3,(H,30,32). The molecule has 6 heteroatoms. The van der Waals surface area contributed by atoms with Crippen LogP contribution in [0.3, 0.4) is 0 Å². The van der Waals surface area contributed by atoms with Crippen LogP contribution in [0, 0.1) is 19.7 Å². The number of carbonyl (C=O) groups excluding carboxylic acids is 2. The summed E-state index contributed by atoms with van der Waals surface area (Å²) < 4.78 is 13.8. The normalized spacial score (nSPS) is 12.5. The van der Waals surface area contributed by atoms with Crippen molar-refractivity contribution < 1.29 is 14.0 Å². The van der Waals surface area contributed by atoms with E-state index >= 15 is 0 Å². The summed E-state index contributed by atoms with van der Waals surface area (Å²) in [5, 5.41) is 4.84. The maximum Gasteiger partial charge on any atom is 0.258 e. The third-order valence-corrected chi connectivity index (χ3v) is 7.21. The highest BCUT2D eigenvalue weighted by Gasteiger charge is 2.27. The summed E-state index contributed by atoms with van der Waals surface area (Å²) in [7, 11) is 0. The van der Waals surface area contributed by atoms with Crippen molar-refractivity contribution in [2.24, 2.45) is 0 Å². The number of benzene rings is 3. The lowest BCUT2D eigenvalue weighted by molar-refractivity contribution is 0.0985. The molecule has 0 aliphatic carbocycles. The molecule has 0 atom stereocenters. The number of hydrogen-bond donors (Lipinski definition) is 1. The monoisotopic (exact) mass is 470 g/mol. The molecule has 4 nitrogen and oxygen atoms in total. The van der Waals surface area contributed by atoms with Gasteiger partial charge in [0, 0.05) is 23.4 Å². The zero-order chi connectivity index (χ0) is 23.8. The Labute approximate surface area is 201 Å². The summed E-state index contributed by atoms with van der Waals surface area (Å²) in [6, 6.07) is 20.0. The van der Waals surface area contributed by atoms with Crippen LogP contribution in [0.1, 0.15) is 37.4 Å². The molecule has 0 fully saturated rings. The summed E-state index contributed by atoms with van der Waals surface area (Å²) in [5.74, 6) is -0.871. The number of nitrogens with one attached hydrogen (secondary N) is 1. The van der Waals surface area contributed by atoms with Crippen molar-refractivity contribution in [3.05, 3.63) is 106 Å². The Morgan fingerprint density at radius 3 is 2.62 bits per heavy atom. The van der Waals surface area contributed by atoms with Gasteiger partial charge < -0.3 is 10.2 Å². The number of thiophene rings is 1. The maximum atomic E-state index is 13.8. The molecule has 1 aliphatic heterocycles. The minimum Gasteiger partial charge on any atom is -0.322 e. The second kappa shape index (κ2) is 8.88. The molecular formula is C28H23FN2O2S. The van der Waals surface area contributed by atoms with Gasteiger partial charge in [0.1, 0.15) is 5.82 Å². The fraction of sp³-hybridized carbons (Fsp3) is 0.143. The van der Waals surface area contributed by atoms with E-state index in [4.69, 9.17) is 0 Å². The van der Waals surface area contributed by atoms with Crippen LogP contribution >= 0.6 is 11.3 Å². The van der Waals surface area contributed by atoms with Gasteiger partial charge in [0.25, 0.3) is 11.8 Å². The van der Waals surface area contributed by atoms with Crippen LogP contribution in [-0.2, 0) is 6.42 Å². The highest BCUT2D eigenvalue weighted by Crippen LogP contribution is 2.41. The number of aryl methyl sites for hydroxylation is 1. The minimum atomic E-state index is -0.419. The van der Waals surface area contributed by atoms with Gasteiger partial charge in [-0.15, -0.1) is 11.3 Å². The van der Waals surface area contributed by atoms with E-state index in [0.717, 1.165) is 22.5 Å². The van der Waals surface area contributed by atoms with E-state index in [1.54, 1.807) is 42.5 Å². The first kappa shape index (κ1) is 22.0. The number of halogens is 1. The van der Waals surface area contributed by atoms with E-state index in [0.29, 0.717) is 23.4 Å². The van der Waals surface area contributed by atoms with Crippen molar-refractivity contribution in [1.29, 1.82) is 0 Å². The number of hydrogen-bond acceptors (Lipinski definition) is 3. The van der Waals surface area contributed by atoms with Gasteiger partial charge in [-0.1, -0.05) is 30.3 Å². The molecule has 5 rings (SSSR count). The first-order valence-electron chi connectivity index (χ1n) is 11.1. The van der Waals surface area contributed by atoms with Crippen LogP contribution in [-0.4, -0.2) is 18.4 Å². The molecule has 3 aromatic carbocycles. The average Bonchev–Trinajstić information content (AvgIpc) is 3.24. The van der Waals surface area contributed by atoms with Crippen molar-refractivity contribution in [1.82, 2.24) is 0 Å². The fourth-order valence-electron chi connectivity index (χ4n) is 4.42. The van der Waals surface area contributed by atoms with Gasteiger partial charge in [-0.25, -0.2) is 4.39 Å². The zero-order valence-electron chi connectivity index (χ0n) is 18.9. The number of amides is 2. The molecule has 34 heavy (non-hydrogen) atoms. The Hall–Kier alpha value is -3.77. The predicted octanol–water partition coefficient (Wildman–Crippen LogP) is 6.63. The average molecular weight is 471 g/mol. The van der Waals surface area contributed by atoms with Gasteiger partial charge in [-0.2, -0.15) is 0 Å². The first-order valence-corrected chi connectivity index (χ1v) is 12.0. The second-order valence-corrected chi connectivity index (χ2v) is 9.31. The van der Waals surface area contributed by atoms with E-state index in [1.807, 2.05) is 35.4 Å². The van der Waals surface area contributed by atoms with Crippen molar-refractivity contribution in [2.45, 2.75) is 20.3 Å². The van der Waals surface area contributed by atoms with Crippen molar-refractivity contribution in [2.75, 3.05) is 16.8 Å². The summed E-state index contributed by atoms with van der Waals surface area (Å²) in [6.45, 7) is 4.03. The van der Waals surface area contributed by atoms with Crippen molar-refractivity contribution in [3.8, 4) is 10.4 Å². The number of fused-ring (bicyclic) bond motifs is 3. The zero-order valence-corrected chi connectivity index (χ0v) is 19.7. The van der Waals surface area contributed by atoms with Crippen molar-refractivity contribution >= 4 is 34.5 Å².